The Bertz CT molecular complexity index is 1220. The van der Waals surface area contributed by atoms with Crippen LogP contribution in [0.3, 0.4) is 0 Å². The van der Waals surface area contributed by atoms with Crippen LogP contribution < -0.4 is 10.6 Å². The summed E-state index contributed by atoms with van der Waals surface area (Å²) in [6, 6.07) is 9.35. The highest BCUT2D eigenvalue weighted by atomic mass is 32.2. The maximum Gasteiger partial charge on any atom is 0.416 e. The number of halogens is 6. The topological polar surface area (TPSA) is 116 Å². The Balaban J connectivity index is 2.40. The van der Waals surface area contributed by atoms with Crippen LogP contribution in [0.25, 0.3) is 0 Å². The van der Waals surface area contributed by atoms with E-state index < -0.39 is 74.8 Å². The number of carbonyl (C=O) groups excluding carboxylic acids is 2. The highest BCUT2D eigenvalue weighted by Gasteiger charge is 2.40. The standard InChI is InChI=1S/C21H17F6N3O4S/c22-20(23,24)15-7-6-14(16(10-15)21(25,26)27)12-35(33,34)17(19(32)29-9-8-28)11-30-18(31)13-4-2-1-3-5-13/h1-7,10,17H,9,11-12H2,(H,29,32)(H,30,31). The summed E-state index contributed by atoms with van der Waals surface area (Å²) >= 11 is 0. The molecule has 2 aromatic carbocycles. The summed E-state index contributed by atoms with van der Waals surface area (Å²) < 4.78 is 105. The molecule has 2 aromatic rings. The second-order valence-corrected chi connectivity index (χ2v) is 9.30. The van der Waals surface area contributed by atoms with Crippen molar-refractivity contribution in [3.05, 3.63) is 70.8 Å². The number of rotatable bonds is 8. The van der Waals surface area contributed by atoms with Gasteiger partial charge in [-0.05, 0) is 29.8 Å². The minimum atomic E-state index is -5.33. The van der Waals surface area contributed by atoms with Gasteiger partial charge < -0.3 is 10.6 Å². The van der Waals surface area contributed by atoms with E-state index in [2.05, 4.69) is 5.32 Å². The average Bonchev–Trinajstić information content (AvgIpc) is 2.76. The number of nitriles is 1. The molecule has 7 nitrogen and oxygen atoms in total. The van der Waals surface area contributed by atoms with Gasteiger partial charge in [-0.2, -0.15) is 31.6 Å². The summed E-state index contributed by atoms with van der Waals surface area (Å²) in [5.41, 5.74) is -4.38. The zero-order valence-electron chi connectivity index (χ0n) is 17.6. The molecule has 0 radical (unpaired) electrons. The number of alkyl halides is 6. The minimum Gasteiger partial charge on any atom is -0.350 e. The van der Waals surface area contributed by atoms with Crippen LogP contribution in [0.15, 0.2) is 48.5 Å². The van der Waals surface area contributed by atoms with Gasteiger partial charge in [0.25, 0.3) is 5.91 Å². The number of amides is 2. The second kappa shape index (κ2) is 10.8. The average molecular weight is 521 g/mol. The van der Waals surface area contributed by atoms with E-state index in [1.165, 1.54) is 30.3 Å². The molecule has 1 unspecified atom stereocenters. The molecule has 0 aromatic heterocycles. The number of sulfone groups is 1. The molecule has 2 amide bonds. The van der Waals surface area contributed by atoms with Crippen LogP contribution in [0.2, 0.25) is 0 Å². The van der Waals surface area contributed by atoms with Crippen LogP contribution in [0.4, 0.5) is 26.3 Å². The molecular weight excluding hydrogens is 504 g/mol. The van der Waals surface area contributed by atoms with Crippen molar-refractivity contribution >= 4 is 21.7 Å². The van der Waals surface area contributed by atoms with E-state index in [1.807, 2.05) is 5.32 Å². The normalized spacial score (nSPS) is 12.9. The van der Waals surface area contributed by atoms with Crippen LogP contribution in [-0.4, -0.2) is 38.6 Å². The number of benzene rings is 2. The zero-order chi connectivity index (χ0) is 26.4. The summed E-state index contributed by atoms with van der Waals surface area (Å²) in [5.74, 6) is -3.52. The Morgan fingerprint density at radius 1 is 0.943 bits per heavy atom. The third-order valence-electron chi connectivity index (χ3n) is 4.65. The third kappa shape index (κ3) is 7.44. The van der Waals surface area contributed by atoms with Crippen molar-refractivity contribution < 1.29 is 44.3 Å². The first-order valence-electron chi connectivity index (χ1n) is 9.63. The lowest BCUT2D eigenvalue weighted by molar-refractivity contribution is -0.143. The van der Waals surface area contributed by atoms with E-state index in [4.69, 9.17) is 5.26 Å². The van der Waals surface area contributed by atoms with Crippen molar-refractivity contribution in [3.8, 4) is 6.07 Å². The van der Waals surface area contributed by atoms with Gasteiger partial charge in [-0.25, -0.2) is 8.42 Å². The predicted octanol–water partition coefficient (Wildman–Crippen LogP) is 3.08. The van der Waals surface area contributed by atoms with Crippen LogP contribution in [0.5, 0.6) is 0 Å². The van der Waals surface area contributed by atoms with E-state index in [9.17, 15) is 44.3 Å². The highest BCUT2D eigenvalue weighted by Crippen LogP contribution is 2.38. The summed E-state index contributed by atoms with van der Waals surface area (Å²) in [6.07, 6.45) is -10.4. The van der Waals surface area contributed by atoms with Gasteiger partial charge in [-0.15, -0.1) is 0 Å². The highest BCUT2D eigenvalue weighted by molar-refractivity contribution is 7.92. The predicted molar refractivity (Wildman–Crippen MR) is 110 cm³/mol. The van der Waals surface area contributed by atoms with Crippen LogP contribution in [0, 0.1) is 11.3 Å². The maximum atomic E-state index is 13.4. The molecule has 0 heterocycles. The molecule has 188 valence electrons. The first kappa shape index (κ1) is 27.6. The van der Waals surface area contributed by atoms with Gasteiger partial charge in [0.1, 0.15) is 6.54 Å². The molecule has 2 rings (SSSR count). The van der Waals surface area contributed by atoms with Gasteiger partial charge in [0.15, 0.2) is 15.1 Å². The Kier molecular flexibility index (Phi) is 8.50. The number of carbonyl (C=O) groups is 2. The summed E-state index contributed by atoms with van der Waals surface area (Å²) in [6.45, 7) is -1.50. The van der Waals surface area contributed by atoms with Crippen molar-refractivity contribution in [1.82, 2.24) is 10.6 Å². The molecule has 14 heteroatoms. The first-order chi connectivity index (χ1) is 16.2. The Labute approximate surface area is 195 Å². The Morgan fingerprint density at radius 3 is 2.11 bits per heavy atom. The molecule has 0 aliphatic heterocycles. The third-order valence-corrected chi connectivity index (χ3v) is 6.61. The molecule has 0 aliphatic rings. The van der Waals surface area contributed by atoms with Gasteiger partial charge in [-0.3, -0.25) is 9.59 Å². The maximum absolute atomic E-state index is 13.4. The molecule has 0 saturated carbocycles. The van der Waals surface area contributed by atoms with Crippen LogP contribution in [-0.2, 0) is 32.7 Å². The molecule has 2 N–H and O–H groups in total. The van der Waals surface area contributed by atoms with E-state index in [-0.39, 0.29) is 11.6 Å². The number of nitrogens with one attached hydrogen (secondary N) is 2. The lowest BCUT2D eigenvalue weighted by Gasteiger charge is -2.20. The van der Waals surface area contributed by atoms with E-state index in [1.54, 1.807) is 6.07 Å². The fourth-order valence-corrected chi connectivity index (χ4v) is 4.59. The molecule has 1 atom stereocenters. The van der Waals surface area contributed by atoms with Gasteiger partial charge >= 0.3 is 12.4 Å². The van der Waals surface area contributed by atoms with E-state index >= 15 is 0 Å². The molecule has 0 spiro atoms. The lowest BCUT2D eigenvalue weighted by atomic mass is 10.0. The van der Waals surface area contributed by atoms with Crippen molar-refractivity contribution in [2.24, 2.45) is 0 Å². The van der Waals surface area contributed by atoms with Crippen LogP contribution in [0.1, 0.15) is 27.0 Å². The van der Waals surface area contributed by atoms with E-state index in [0.29, 0.717) is 12.1 Å². The fourth-order valence-electron chi connectivity index (χ4n) is 2.96. The minimum absolute atomic E-state index is 0.100. The van der Waals surface area contributed by atoms with Gasteiger partial charge in [0.05, 0.1) is 22.9 Å². The molecule has 0 fully saturated rings. The molecule has 0 bridgehead atoms. The number of hydrogen-bond acceptors (Lipinski definition) is 5. The van der Waals surface area contributed by atoms with Crippen molar-refractivity contribution in [2.75, 3.05) is 13.1 Å². The van der Waals surface area contributed by atoms with E-state index in [0.717, 1.165) is 0 Å². The largest absolute Gasteiger partial charge is 0.416 e. The van der Waals surface area contributed by atoms with Crippen molar-refractivity contribution in [1.29, 1.82) is 5.26 Å². The molecular formula is C21H17F6N3O4S. The van der Waals surface area contributed by atoms with Gasteiger partial charge in [0.2, 0.25) is 5.91 Å². The molecule has 0 saturated heterocycles. The SMILES string of the molecule is N#CCNC(=O)C(CNC(=O)c1ccccc1)S(=O)(=O)Cc1ccc(C(F)(F)F)cc1C(F)(F)F. The fraction of sp³-hybridized carbons (Fsp3) is 0.286. The summed E-state index contributed by atoms with van der Waals surface area (Å²) in [5, 5.41) is 10.6. The lowest BCUT2D eigenvalue weighted by Crippen LogP contribution is -2.47. The monoisotopic (exact) mass is 521 g/mol. The smallest absolute Gasteiger partial charge is 0.350 e. The first-order valence-corrected chi connectivity index (χ1v) is 11.3. The molecule has 35 heavy (non-hydrogen) atoms. The number of nitrogens with zero attached hydrogens (tertiary/aromatic N) is 1. The van der Waals surface area contributed by atoms with Gasteiger partial charge in [-0.1, -0.05) is 24.3 Å². The Hall–Kier alpha value is -3.60. The Morgan fingerprint density at radius 2 is 1.57 bits per heavy atom. The summed E-state index contributed by atoms with van der Waals surface area (Å²) in [4.78, 5) is 24.6. The van der Waals surface area contributed by atoms with Gasteiger partial charge in [0, 0.05) is 12.1 Å². The summed E-state index contributed by atoms with van der Waals surface area (Å²) in [7, 11) is -4.83. The number of hydrogen-bond donors (Lipinski definition) is 2. The zero-order valence-corrected chi connectivity index (χ0v) is 18.4. The quantitative estimate of drug-likeness (QED) is 0.409. The molecule has 0 aliphatic carbocycles. The van der Waals surface area contributed by atoms with Crippen molar-refractivity contribution in [2.45, 2.75) is 23.4 Å². The van der Waals surface area contributed by atoms with Crippen LogP contribution >= 0.6 is 0 Å². The van der Waals surface area contributed by atoms with Crippen molar-refractivity contribution in [3.63, 3.8) is 0 Å². The second-order valence-electron chi connectivity index (χ2n) is 7.12.